The summed E-state index contributed by atoms with van der Waals surface area (Å²) in [4.78, 5) is 17.9. The fourth-order valence-corrected chi connectivity index (χ4v) is 3.15. The van der Waals surface area contributed by atoms with Crippen molar-refractivity contribution in [3.63, 3.8) is 0 Å². The van der Waals surface area contributed by atoms with Gasteiger partial charge in [-0.2, -0.15) is 5.10 Å². The number of anilines is 1. The summed E-state index contributed by atoms with van der Waals surface area (Å²) in [6.07, 6.45) is 0.936. The van der Waals surface area contributed by atoms with Crippen molar-refractivity contribution >= 4 is 34.1 Å². The van der Waals surface area contributed by atoms with Crippen LogP contribution in [-0.2, 0) is 6.42 Å². The van der Waals surface area contributed by atoms with Gasteiger partial charge in [-0.05, 0) is 38.0 Å². The molecule has 0 fully saturated rings. The number of thiophene rings is 1. The molecule has 0 spiro atoms. The smallest absolute Gasteiger partial charge is 0.257 e. The molecule has 0 aromatic carbocycles. The van der Waals surface area contributed by atoms with E-state index in [0.29, 0.717) is 17.0 Å². The first kappa shape index (κ1) is 13.8. The summed E-state index contributed by atoms with van der Waals surface area (Å²) < 4.78 is 0. The second-order valence-electron chi connectivity index (χ2n) is 4.99. The lowest BCUT2D eigenvalue weighted by molar-refractivity contribution is 0.102. The third-order valence-corrected chi connectivity index (χ3v) is 4.43. The molecule has 2 N–H and O–H groups in total. The van der Waals surface area contributed by atoms with Crippen molar-refractivity contribution in [2.75, 3.05) is 5.32 Å². The minimum absolute atomic E-state index is 0.140. The van der Waals surface area contributed by atoms with E-state index in [1.54, 1.807) is 11.3 Å². The first-order chi connectivity index (χ1) is 10.1. The molecule has 3 aromatic rings. The maximum Gasteiger partial charge on any atom is 0.257 e. The number of carbonyl (C=O) groups excluding carboxylic acids is 1. The number of nitrogens with one attached hydrogen (secondary N) is 2. The van der Waals surface area contributed by atoms with Gasteiger partial charge in [0.1, 0.15) is 0 Å². The Labute approximate surface area is 126 Å². The Hall–Kier alpha value is -2.21. The number of rotatable bonds is 3. The van der Waals surface area contributed by atoms with Crippen molar-refractivity contribution in [1.29, 1.82) is 0 Å². The molecule has 3 aromatic heterocycles. The molecule has 6 heteroatoms. The van der Waals surface area contributed by atoms with E-state index in [-0.39, 0.29) is 5.91 Å². The first-order valence-corrected chi connectivity index (χ1v) is 7.67. The molecule has 0 aliphatic carbocycles. The first-order valence-electron chi connectivity index (χ1n) is 6.79. The predicted molar refractivity (Wildman–Crippen MR) is 85.0 cm³/mol. The highest BCUT2D eigenvalue weighted by atomic mass is 32.1. The van der Waals surface area contributed by atoms with Gasteiger partial charge in [0.2, 0.25) is 0 Å². The second kappa shape index (κ2) is 5.29. The lowest BCUT2D eigenvalue weighted by Gasteiger charge is -2.03. The Kier molecular flexibility index (Phi) is 3.47. The number of aromatic amines is 1. The van der Waals surface area contributed by atoms with Crippen molar-refractivity contribution in [3.05, 3.63) is 39.2 Å². The fourth-order valence-electron chi connectivity index (χ4n) is 2.34. The van der Waals surface area contributed by atoms with Crippen LogP contribution in [-0.4, -0.2) is 21.1 Å². The lowest BCUT2D eigenvalue weighted by atomic mass is 10.1. The highest BCUT2D eigenvalue weighted by Gasteiger charge is 2.15. The number of hydrogen-bond acceptors (Lipinski definition) is 4. The van der Waals surface area contributed by atoms with Gasteiger partial charge in [-0.25, -0.2) is 4.98 Å². The Morgan fingerprint density at radius 3 is 2.90 bits per heavy atom. The van der Waals surface area contributed by atoms with Gasteiger partial charge >= 0.3 is 0 Å². The molecule has 3 rings (SSSR count). The van der Waals surface area contributed by atoms with Crippen LogP contribution in [0.2, 0.25) is 0 Å². The molecule has 0 atom stereocenters. The average molecular weight is 300 g/mol. The van der Waals surface area contributed by atoms with E-state index in [4.69, 9.17) is 0 Å². The summed E-state index contributed by atoms with van der Waals surface area (Å²) in [6.45, 7) is 6.00. The summed E-state index contributed by atoms with van der Waals surface area (Å²) in [5, 5.41) is 12.6. The number of amides is 1. The number of carbonyl (C=O) groups is 1. The van der Waals surface area contributed by atoms with Gasteiger partial charge in [0.15, 0.2) is 11.5 Å². The second-order valence-corrected chi connectivity index (χ2v) is 5.98. The maximum atomic E-state index is 12.3. The van der Waals surface area contributed by atoms with E-state index in [0.717, 1.165) is 23.1 Å². The van der Waals surface area contributed by atoms with E-state index in [1.165, 1.54) is 4.88 Å². The van der Waals surface area contributed by atoms with Crippen LogP contribution < -0.4 is 5.32 Å². The molecule has 0 aliphatic heterocycles. The minimum Gasteiger partial charge on any atom is -0.304 e. The molecule has 21 heavy (non-hydrogen) atoms. The van der Waals surface area contributed by atoms with Crippen molar-refractivity contribution in [2.24, 2.45) is 0 Å². The monoisotopic (exact) mass is 300 g/mol. The van der Waals surface area contributed by atoms with E-state index < -0.39 is 0 Å². The number of fused-ring (bicyclic) bond motifs is 1. The summed E-state index contributed by atoms with van der Waals surface area (Å²) in [6, 6.07) is 3.90. The van der Waals surface area contributed by atoms with Crippen LogP contribution in [0.25, 0.3) is 11.0 Å². The Bertz CT molecular complexity index is 818. The van der Waals surface area contributed by atoms with Crippen molar-refractivity contribution in [2.45, 2.75) is 27.2 Å². The van der Waals surface area contributed by atoms with Gasteiger partial charge in [0, 0.05) is 16.0 Å². The molecule has 3 heterocycles. The fraction of sp³-hybridized carbons (Fsp3) is 0.267. The van der Waals surface area contributed by atoms with Crippen LogP contribution >= 0.6 is 11.3 Å². The zero-order valence-electron chi connectivity index (χ0n) is 12.2. The standard InChI is InChI=1S/C15H16N4OS/c1-4-11-6-10(7-21-11)15(20)17-14-12-8(2)5-9(3)16-13(12)18-19-14/h5-7H,4H2,1-3H3,(H2,16,17,18,19,20). The normalized spacial score (nSPS) is 11.0. The van der Waals surface area contributed by atoms with E-state index in [2.05, 4.69) is 27.4 Å². The van der Waals surface area contributed by atoms with Gasteiger partial charge < -0.3 is 5.32 Å². The number of hydrogen-bond donors (Lipinski definition) is 2. The Balaban J connectivity index is 1.93. The van der Waals surface area contributed by atoms with Gasteiger partial charge in [-0.15, -0.1) is 11.3 Å². The Morgan fingerprint density at radius 1 is 1.38 bits per heavy atom. The lowest BCUT2D eigenvalue weighted by Crippen LogP contribution is -2.11. The minimum atomic E-state index is -0.140. The van der Waals surface area contributed by atoms with Crippen molar-refractivity contribution in [3.8, 4) is 0 Å². The predicted octanol–water partition coefficient (Wildman–Crippen LogP) is 3.45. The largest absolute Gasteiger partial charge is 0.304 e. The highest BCUT2D eigenvalue weighted by molar-refractivity contribution is 7.10. The number of H-pyrrole nitrogens is 1. The highest BCUT2D eigenvalue weighted by Crippen LogP contribution is 2.24. The zero-order valence-corrected chi connectivity index (χ0v) is 13.0. The molecule has 0 aliphatic rings. The number of nitrogens with zero attached hydrogens (tertiary/aromatic N) is 2. The summed E-state index contributed by atoms with van der Waals surface area (Å²) in [5.41, 5.74) is 3.33. The van der Waals surface area contributed by atoms with Crippen LogP contribution in [0, 0.1) is 13.8 Å². The third-order valence-electron chi connectivity index (χ3n) is 3.35. The SMILES string of the molecule is CCc1cc(C(=O)Nc2n[nH]c3nc(C)cc(C)c23)cs1. The number of aromatic nitrogens is 3. The molecule has 1 amide bonds. The summed E-state index contributed by atoms with van der Waals surface area (Å²) >= 11 is 1.60. The van der Waals surface area contributed by atoms with Crippen LogP contribution in [0.4, 0.5) is 5.82 Å². The van der Waals surface area contributed by atoms with Crippen LogP contribution in [0.1, 0.15) is 33.4 Å². The number of aryl methyl sites for hydroxylation is 3. The Morgan fingerprint density at radius 2 is 2.19 bits per heavy atom. The average Bonchev–Trinajstić information content (AvgIpc) is 3.05. The molecule has 108 valence electrons. The molecule has 0 bridgehead atoms. The third kappa shape index (κ3) is 2.54. The van der Waals surface area contributed by atoms with Crippen LogP contribution in [0.3, 0.4) is 0 Å². The summed E-state index contributed by atoms with van der Waals surface area (Å²) in [5.74, 6) is 0.392. The van der Waals surface area contributed by atoms with Crippen molar-refractivity contribution < 1.29 is 4.79 Å². The van der Waals surface area contributed by atoms with E-state index in [9.17, 15) is 4.79 Å². The van der Waals surface area contributed by atoms with Gasteiger partial charge in [0.05, 0.1) is 10.9 Å². The maximum absolute atomic E-state index is 12.3. The molecular formula is C15H16N4OS. The van der Waals surface area contributed by atoms with Gasteiger partial charge in [-0.1, -0.05) is 6.92 Å². The van der Waals surface area contributed by atoms with Crippen molar-refractivity contribution in [1.82, 2.24) is 15.2 Å². The van der Waals surface area contributed by atoms with E-state index in [1.807, 2.05) is 31.4 Å². The van der Waals surface area contributed by atoms with Crippen LogP contribution in [0.5, 0.6) is 0 Å². The van der Waals surface area contributed by atoms with Gasteiger partial charge in [0.25, 0.3) is 5.91 Å². The van der Waals surface area contributed by atoms with Crippen LogP contribution in [0.15, 0.2) is 17.5 Å². The quantitative estimate of drug-likeness (QED) is 0.778. The molecular weight excluding hydrogens is 284 g/mol. The molecule has 0 saturated carbocycles. The molecule has 5 nitrogen and oxygen atoms in total. The molecule has 0 saturated heterocycles. The van der Waals surface area contributed by atoms with E-state index >= 15 is 0 Å². The zero-order chi connectivity index (χ0) is 15.0. The summed E-state index contributed by atoms with van der Waals surface area (Å²) in [7, 11) is 0. The molecule has 0 radical (unpaired) electrons. The topological polar surface area (TPSA) is 70.7 Å². The van der Waals surface area contributed by atoms with Gasteiger partial charge in [-0.3, -0.25) is 9.89 Å². The molecule has 0 unspecified atom stereocenters. The number of pyridine rings is 1.